The van der Waals surface area contributed by atoms with Gasteiger partial charge in [-0.3, -0.25) is 0 Å². The number of carboxylic acid groups (broad SMARTS) is 1. The van der Waals surface area contributed by atoms with Crippen LogP contribution in [0.2, 0.25) is 0 Å². The number of carboxylic acids is 1. The number of hydrogen-bond acceptors (Lipinski definition) is 4. The molecule has 5 heteroatoms. The van der Waals surface area contributed by atoms with Crippen LogP contribution in [0.3, 0.4) is 0 Å². The van der Waals surface area contributed by atoms with E-state index in [0.29, 0.717) is 18.7 Å². The summed E-state index contributed by atoms with van der Waals surface area (Å²) in [5, 5.41) is 18.6. The Morgan fingerprint density at radius 2 is 2.19 bits per heavy atom. The zero-order chi connectivity index (χ0) is 14.8. The fourth-order valence-electron chi connectivity index (χ4n) is 2.72. The van der Waals surface area contributed by atoms with Crippen molar-refractivity contribution in [1.29, 1.82) is 5.26 Å². The van der Waals surface area contributed by atoms with Gasteiger partial charge in [-0.1, -0.05) is 24.3 Å². The predicted molar refractivity (Wildman–Crippen MR) is 76.7 cm³/mol. The van der Waals surface area contributed by atoms with Gasteiger partial charge < -0.3 is 10.0 Å². The van der Waals surface area contributed by atoms with Gasteiger partial charge in [0.15, 0.2) is 0 Å². The van der Waals surface area contributed by atoms with Crippen LogP contribution in [0.25, 0.3) is 0 Å². The third kappa shape index (κ3) is 2.32. The molecule has 0 fully saturated rings. The predicted octanol–water partition coefficient (Wildman–Crippen LogP) is 1.97. The first kappa shape index (κ1) is 13.1. The molecule has 3 rings (SSSR count). The summed E-state index contributed by atoms with van der Waals surface area (Å²) in [5.41, 5.74) is 3.01. The van der Waals surface area contributed by atoms with Crippen molar-refractivity contribution >= 4 is 11.7 Å². The Hall–Kier alpha value is -2.87. The van der Waals surface area contributed by atoms with Crippen LogP contribution in [0, 0.1) is 11.3 Å². The van der Waals surface area contributed by atoms with Crippen LogP contribution in [0.5, 0.6) is 0 Å². The Balaban J connectivity index is 1.99. The van der Waals surface area contributed by atoms with E-state index in [2.05, 4.69) is 11.1 Å². The van der Waals surface area contributed by atoms with Crippen molar-refractivity contribution in [3.8, 4) is 6.07 Å². The van der Waals surface area contributed by atoms with Crippen molar-refractivity contribution in [2.75, 3.05) is 4.90 Å². The largest absolute Gasteiger partial charge is 0.480 e. The summed E-state index contributed by atoms with van der Waals surface area (Å²) in [5.74, 6) is -0.853. The van der Waals surface area contributed by atoms with Crippen molar-refractivity contribution in [2.24, 2.45) is 0 Å². The van der Waals surface area contributed by atoms with Gasteiger partial charge in [-0.05, 0) is 17.7 Å². The van der Waals surface area contributed by atoms with Gasteiger partial charge >= 0.3 is 5.97 Å². The van der Waals surface area contributed by atoms with Crippen molar-refractivity contribution in [3.05, 3.63) is 59.4 Å². The summed E-state index contributed by atoms with van der Waals surface area (Å²) in [6.45, 7) is 0.366. The molecule has 1 aromatic heterocycles. The van der Waals surface area contributed by atoms with Crippen molar-refractivity contribution < 1.29 is 9.90 Å². The highest BCUT2D eigenvalue weighted by Crippen LogP contribution is 2.33. The first-order chi connectivity index (χ1) is 10.2. The van der Waals surface area contributed by atoms with Crippen molar-refractivity contribution in [1.82, 2.24) is 4.98 Å². The number of fused-ring (bicyclic) bond motifs is 1. The van der Waals surface area contributed by atoms with E-state index >= 15 is 0 Å². The van der Waals surface area contributed by atoms with Crippen LogP contribution < -0.4 is 4.90 Å². The zero-order valence-corrected chi connectivity index (χ0v) is 11.2. The van der Waals surface area contributed by atoms with Gasteiger partial charge in [0, 0.05) is 30.4 Å². The molecule has 2 heterocycles. The molecule has 0 spiro atoms. The minimum atomic E-state index is -0.853. The summed E-state index contributed by atoms with van der Waals surface area (Å²) in [4.78, 5) is 17.4. The van der Waals surface area contributed by atoms with Gasteiger partial charge in [0.05, 0.1) is 0 Å². The molecule has 1 unspecified atom stereocenters. The lowest BCUT2D eigenvalue weighted by Gasteiger charge is -2.25. The Labute approximate surface area is 122 Å². The minimum Gasteiger partial charge on any atom is -0.480 e. The maximum atomic E-state index is 11.5. The minimum absolute atomic E-state index is 0.339. The molecule has 1 aliphatic heterocycles. The summed E-state index contributed by atoms with van der Waals surface area (Å²) >= 11 is 0. The van der Waals surface area contributed by atoms with E-state index in [4.69, 9.17) is 5.26 Å². The van der Waals surface area contributed by atoms with E-state index in [9.17, 15) is 9.90 Å². The summed E-state index contributed by atoms with van der Waals surface area (Å²) in [6.07, 6.45) is 2.04. The van der Waals surface area contributed by atoms with E-state index in [1.165, 1.54) is 0 Å². The summed E-state index contributed by atoms with van der Waals surface area (Å²) in [7, 11) is 0. The van der Waals surface area contributed by atoms with Crippen LogP contribution >= 0.6 is 0 Å². The van der Waals surface area contributed by atoms with Gasteiger partial charge in [-0.2, -0.15) is 5.26 Å². The van der Waals surface area contributed by atoms with E-state index in [-0.39, 0.29) is 0 Å². The van der Waals surface area contributed by atoms with Crippen molar-refractivity contribution in [3.63, 3.8) is 0 Å². The Bertz CT molecular complexity index is 736. The Morgan fingerprint density at radius 3 is 2.95 bits per heavy atom. The van der Waals surface area contributed by atoms with Gasteiger partial charge in [0.25, 0.3) is 0 Å². The lowest BCUT2D eigenvalue weighted by Crippen LogP contribution is -2.38. The van der Waals surface area contributed by atoms with E-state index in [1.54, 1.807) is 12.3 Å². The van der Waals surface area contributed by atoms with Crippen LogP contribution in [0.4, 0.5) is 5.69 Å². The van der Waals surface area contributed by atoms with E-state index < -0.39 is 12.0 Å². The lowest BCUT2D eigenvalue weighted by atomic mass is 10.1. The standard InChI is InChI=1S/C16H13N3O2/c17-9-13-12(5-3-7-18-13)10-19-14-6-2-1-4-11(14)8-15(19)16(20)21/h1-7,15H,8,10H2,(H,20,21). The highest BCUT2D eigenvalue weighted by atomic mass is 16.4. The van der Waals surface area contributed by atoms with Gasteiger partial charge in [0.2, 0.25) is 0 Å². The fraction of sp³-hybridized carbons (Fsp3) is 0.188. The number of pyridine rings is 1. The second-order valence-corrected chi connectivity index (χ2v) is 4.94. The third-order valence-electron chi connectivity index (χ3n) is 3.71. The summed E-state index contributed by atoms with van der Waals surface area (Å²) < 4.78 is 0. The molecule has 0 saturated heterocycles. The first-order valence-corrected chi connectivity index (χ1v) is 6.62. The number of benzene rings is 1. The molecule has 0 amide bonds. The SMILES string of the molecule is N#Cc1ncccc1CN1c2ccccc2CC1C(=O)O. The molecular weight excluding hydrogens is 266 g/mol. The normalized spacial score (nSPS) is 16.3. The lowest BCUT2D eigenvalue weighted by molar-refractivity contribution is -0.138. The number of hydrogen-bond donors (Lipinski definition) is 1. The Morgan fingerprint density at radius 1 is 1.38 bits per heavy atom. The van der Waals surface area contributed by atoms with Crippen LogP contribution in [-0.4, -0.2) is 22.1 Å². The average molecular weight is 279 g/mol. The average Bonchev–Trinajstić information content (AvgIpc) is 2.87. The molecule has 104 valence electrons. The second kappa shape index (κ2) is 5.25. The topological polar surface area (TPSA) is 77.2 Å². The number of rotatable bonds is 3. The van der Waals surface area contributed by atoms with Crippen LogP contribution in [0.1, 0.15) is 16.8 Å². The quantitative estimate of drug-likeness (QED) is 0.929. The monoisotopic (exact) mass is 279 g/mol. The fourth-order valence-corrected chi connectivity index (χ4v) is 2.72. The maximum Gasteiger partial charge on any atom is 0.326 e. The number of nitriles is 1. The molecular formula is C16H13N3O2. The third-order valence-corrected chi connectivity index (χ3v) is 3.71. The van der Waals surface area contributed by atoms with Crippen molar-refractivity contribution in [2.45, 2.75) is 19.0 Å². The second-order valence-electron chi connectivity index (χ2n) is 4.94. The van der Waals surface area contributed by atoms with E-state index in [0.717, 1.165) is 16.8 Å². The molecule has 5 nitrogen and oxygen atoms in total. The number of para-hydroxylation sites is 1. The molecule has 0 aliphatic carbocycles. The molecule has 0 radical (unpaired) electrons. The number of aliphatic carboxylic acids is 1. The maximum absolute atomic E-state index is 11.5. The van der Waals surface area contributed by atoms with E-state index in [1.807, 2.05) is 35.2 Å². The first-order valence-electron chi connectivity index (χ1n) is 6.62. The van der Waals surface area contributed by atoms with Crippen LogP contribution in [0.15, 0.2) is 42.6 Å². The number of carbonyl (C=O) groups is 1. The molecule has 2 aromatic rings. The molecule has 0 saturated carbocycles. The molecule has 1 aromatic carbocycles. The van der Waals surface area contributed by atoms with Crippen LogP contribution in [-0.2, 0) is 17.8 Å². The highest BCUT2D eigenvalue weighted by Gasteiger charge is 2.34. The molecule has 1 atom stereocenters. The number of anilines is 1. The highest BCUT2D eigenvalue weighted by molar-refractivity contribution is 5.82. The summed E-state index contributed by atoms with van der Waals surface area (Å²) in [6, 6.07) is 12.7. The number of nitrogens with zero attached hydrogens (tertiary/aromatic N) is 3. The van der Waals surface area contributed by atoms with Gasteiger partial charge in [-0.25, -0.2) is 9.78 Å². The molecule has 0 bridgehead atoms. The smallest absolute Gasteiger partial charge is 0.326 e. The molecule has 21 heavy (non-hydrogen) atoms. The molecule has 1 aliphatic rings. The number of aromatic nitrogens is 1. The van der Waals surface area contributed by atoms with Gasteiger partial charge in [0.1, 0.15) is 17.8 Å². The van der Waals surface area contributed by atoms with Gasteiger partial charge in [-0.15, -0.1) is 0 Å². The zero-order valence-electron chi connectivity index (χ0n) is 11.2. The molecule has 1 N–H and O–H groups in total. The Kier molecular flexibility index (Phi) is 3.28.